The van der Waals surface area contributed by atoms with E-state index in [1.165, 1.54) is 0 Å². The minimum atomic E-state index is -0.155. The highest BCUT2D eigenvalue weighted by molar-refractivity contribution is 9.10. The van der Waals surface area contributed by atoms with Gasteiger partial charge in [0.1, 0.15) is 5.76 Å². The van der Waals surface area contributed by atoms with Crippen LogP contribution >= 0.6 is 15.9 Å². The third kappa shape index (κ3) is 2.02. The van der Waals surface area contributed by atoms with Crippen molar-refractivity contribution in [2.75, 3.05) is 13.2 Å². The molecule has 1 unspecified atom stereocenters. The molecule has 78 valence electrons. The largest absolute Gasteiger partial charge is 0.454 e. The molecular formula is C10H14BrNO2. The molecule has 1 aromatic heterocycles. The Morgan fingerprint density at radius 1 is 1.57 bits per heavy atom. The Hall–Kier alpha value is -0.320. The van der Waals surface area contributed by atoms with Gasteiger partial charge in [0, 0.05) is 12.0 Å². The summed E-state index contributed by atoms with van der Waals surface area (Å²) in [7, 11) is 0. The van der Waals surface area contributed by atoms with Crippen LogP contribution in [0.25, 0.3) is 0 Å². The van der Waals surface area contributed by atoms with Gasteiger partial charge in [-0.2, -0.15) is 0 Å². The summed E-state index contributed by atoms with van der Waals surface area (Å²) in [5, 5.41) is 12.7. The molecule has 1 aliphatic heterocycles. The minimum absolute atomic E-state index is 0.155. The van der Waals surface area contributed by atoms with E-state index in [-0.39, 0.29) is 12.1 Å². The first-order valence-electron chi connectivity index (χ1n) is 4.84. The topological polar surface area (TPSA) is 45.4 Å². The van der Waals surface area contributed by atoms with Crippen molar-refractivity contribution < 1.29 is 9.52 Å². The first-order valence-corrected chi connectivity index (χ1v) is 5.63. The molecule has 2 rings (SSSR count). The van der Waals surface area contributed by atoms with Crippen molar-refractivity contribution in [2.24, 2.45) is 0 Å². The Morgan fingerprint density at radius 3 is 2.93 bits per heavy atom. The number of halogens is 1. The molecule has 1 aromatic rings. The van der Waals surface area contributed by atoms with Crippen molar-refractivity contribution in [3.8, 4) is 0 Å². The third-order valence-electron chi connectivity index (χ3n) is 2.78. The molecule has 0 spiro atoms. The number of aliphatic hydroxyl groups excluding tert-OH is 1. The number of hydrogen-bond acceptors (Lipinski definition) is 3. The maximum atomic E-state index is 9.37. The number of furan rings is 1. The molecule has 0 saturated carbocycles. The van der Waals surface area contributed by atoms with E-state index in [4.69, 9.17) is 4.42 Å². The van der Waals surface area contributed by atoms with Gasteiger partial charge in [-0.05, 0) is 47.4 Å². The van der Waals surface area contributed by atoms with Crippen LogP contribution in [0.1, 0.15) is 18.6 Å². The monoisotopic (exact) mass is 259 g/mol. The van der Waals surface area contributed by atoms with Crippen LogP contribution in [0.3, 0.4) is 0 Å². The van der Waals surface area contributed by atoms with Crippen LogP contribution in [0.2, 0.25) is 0 Å². The van der Waals surface area contributed by atoms with Gasteiger partial charge in [0.2, 0.25) is 0 Å². The maximum absolute atomic E-state index is 9.37. The van der Waals surface area contributed by atoms with Crippen LogP contribution < -0.4 is 5.32 Å². The molecule has 1 aliphatic rings. The van der Waals surface area contributed by atoms with Crippen molar-refractivity contribution in [2.45, 2.75) is 24.8 Å². The average molecular weight is 260 g/mol. The molecule has 4 heteroatoms. The summed E-state index contributed by atoms with van der Waals surface area (Å²) in [6, 6.07) is 3.83. The first kappa shape index (κ1) is 10.2. The highest BCUT2D eigenvalue weighted by Gasteiger charge is 2.33. The predicted molar refractivity (Wildman–Crippen MR) is 57.2 cm³/mol. The molecule has 2 N–H and O–H groups in total. The summed E-state index contributed by atoms with van der Waals surface area (Å²) in [4.78, 5) is 0. The van der Waals surface area contributed by atoms with E-state index in [1.54, 1.807) is 0 Å². The van der Waals surface area contributed by atoms with E-state index in [0.717, 1.165) is 36.2 Å². The molecule has 1 atom stereocenters. The SMILES string of the molecule is OCC1(Cc2ccc(Br)o2)CCCN1. The summed E-state index contributed by atoms with van der Waals surface area (Å²) in [6.07, 6.45) is 2.90. The molecule has 14 heavy (non-hydrogen) atoms. The maximum Gasteiger partial charge on any atom is 0.169 e. The lowest BCUT2D eigenvalue weighted by molar-refractivity contribution is 0.171. The number of aliphatic hydroxyl groups is 1. The Bertz CT molecular complexity index is 305. The molecule has 1 saturated heterocycles. The fourth-order valence-corrected chi connectivity index (χ4v) is 2.33. The molecule has 2 heterocycles. The molecule has 0 bridgehead atoms. The molecular weight excluding hydrogens is 246 g/mol. The Kier molecular flexibility index (Phi) is 2.95. The van der Waals surface area contributed by atoms with E-state index < -0.39 is 0 Å². The van der Waals surface area contributed by atoms with Gasteiger partial charge in [0.05, 0.1) is 6.61 Å². The fraction of sp³-hybridized carbons (Fsp3) is 0.600. The van der Waals surface area contributed by atoms with Gasteiger partial charge in [0.15, 0.2) is 4.67 Å². The van der Waals surface area contributed by atoms with Crippen LogP contribution in [-0.2, 0) is 6.42 Å². The average Bonchev–Trinajstić information content (AvgIpc) is 2.77. The predicted octanol–water partition coefficient (Wildman–Crippen LogP) is 1.70. The van der Waals surface area contributed by atoms with Gasteiger partial charge in [0.25, 0.3) is 0 Å². The van der Waals surface area contributed by atoms with Crippen LogP contribution in [0.15, 0.2) is 21.2 Å². The minimum Gasteiger partial charge on any atom is -0.454 e. The number of rotatable bonds is 3. The first-order chi connectivity index (χ1) is 6.74. The normalized spacial score (nSPS) is 27.0. The second-order valence-electron chi connectivity index (χ2n) is 3.85. The summed E-state index contributed by atoms with van der Waals surface area (Å²) in [5.41, 5.74) is -0.155. The van der Waals surface area contributed by atoms with E-state index in [2.05, 4.69) is 21.2 Å². The van der Waals surface area contributed by atoms with Crippen LogP contribution in [-0.4, -0.2) is 23.8 Å². The van der Waals surface area contributed by atoms with Gasteiger partial charge in [-0.25, -0.2) is 0 Å². The standard InChI is InChI=1S/C10H14BrNO2/c11-9-3-2-8(14-9)6-10(7-13)4-1-5-12-10/h2-3,12-13H,1,4-7H2. The van der Waals surface area contributed by atoms with Gasteiger partial charge in [-0.15, -0.1) is 0 Å². The van der Waals surface area contributed by atoms with E-state index in [0.29, 0.717) is 0 Å². The van der Waals surface area contributed by atoms with Crippen molar-refractivity contribution in [1.82, 2.24) is 5.32 Å². The van der Waals surface area contributed by atoms with Crippen LogP contribution in [0.4, 0.5) is 0 Å². The van der Waals surface area contributed by atoms with Gasteiger partial charge < -0.3 is 14.8 Å². The third-order valence-corrected chi connectivity index (χ3v) is 3.20. The van der Waals surface area contributed by atoms with E-state index in [9.17, 15) is 5.11 Å². The lowest BCUT2D eigenvalue weighted by atomic mass is 9.93. The van der Waals surface area contributed by atoms with Gasteiger partial charge in [-0.1, -0.05) is 0 Å². The molecule has 3 nitrogen and oxygen atoms in total. The number of nitrogens with one attached hydrogen (secondary N) is 1. The fourth-order valence-electron chi connectivity index (χ4n) is 1.99. The molecule has 0 aliphatic carbocycles. The summed E-state index contributed by atoms with van der Waals surface area (Å²) < 4.78 is 6.19. The summed E-state index contributed by atoms with van der Waals surface area (Å²) in [6.45, 7) is 1.16. The number of hydrogen-bond donors (Lipinski definition) is 2. The second kappa shape index (κ2) is 4.04. The van der Waals surface area contributed by atoms with E-state index in [1.807, 2.05) is 12.1 Å². The molecule has 0 amide bonds. The zero-order valence-corrected chi connectivity index (χ0v) is 9.51. The highest BCUT2D eigenvalue weighted by Crippen LogP contribution is 2.25. The molecule has 0 radical (unpaired) electrons. The highest BCUT2D eigenvalue weighted by atomic mass is 79.9. The quantitative estimate of drug-likeness (QED) is 0.869. The van der Waals surface area contributed by atoms with E-state index >= 15 is 0 Å². The van der Waals surface area contributed by atoms with Crippen LogP contribution in [0, 0.1) is 0 Å². The van der Waals surface area contributed by atoms with Gasteiger partial charge >= 0.3 is 0 Å². The van der Waals surface area contributed by atoms with Crippen molar-refractivity contribution >= 4 is 15.9 Å². The van der Waals surface area contributed by atoms with Crippen molar-refractivity contribution in [1.29, 1.82) is 0 Å². The van der Waals surface area contributed by atoms with Crippen molar-refractivity contribution in [3.05, 3.63) is 22.6 Å². The molecule has 0 aromatic carbocycles. The zero-order valence-electron chi connectivity index (χ0n) is 7.92. The Morgan fingerprint density at radius 2 is 2.43 bits per heavy atom. The van der Waals surface area contributed by atoms with Crippen LogP contribution in [0.5, 0.6) is 0 Å². The smallest absolute Gasteiger partial charge is 0.169 e. The second-order valence-corrected chi connectivity index (χ2v) is 4.63. The zero-order chi connectivity index (χ0) is 10.0. The Labute approximate surface area is 91.6 Å². The lowest BCUT2D eigenvalue weighted by Gasteiger charge is -2.25. The summed E-state index contributed by atoms with van der Waals surface area (Å²) in [5.74, 6) is 0.917. The lowest BCUT2D eigenvalue weighted by Crippen LogP contribution is -2.45. The van der Waals surface area contributed by atoms with Crippen molar-refractivity contribution in [3.63, 3.8) is 0 Å². The summed E-state index contributed by atoms with van der Waals surface area (Å²) >= 11 is 3.27. The van der Waals surface area contributed by atoms with Gasteiger partial charge in [-0.3, -0.25) is 0 Å². The molecule has 1 fully saturated rings. The Balaban J connectivity index is 2.08.